The standard InChI is InChI=1S/C21H17F3N2O4/c22-21(23,24)29-13-3-1-12(2-4-13)19(6-7-19)17(27)14-5-9-26-16-15(14)20(30-18(16)28)8-10-25-11-20/h1-5,9,25H,6-8,10-11H2. The zero-order valence-electron chi connectivity index (χ0n) is 15.7. The lowest BCUT2D eigenvalue weighted by Gasteiger charge is -2.25. The van der Waals surface area contributed by atoms with Crippen molar-refractivity contribution in [3.05, 3.63) is 58.9 Å². The molecule has 0 amide bonds. The summed E-state index contributed by atoms with van der Waals surface area (Å²) in [5, 5.41) is 3.17. The molecule has 0 bridgehead atoms. The molecular weight excluding hydrogens is 401 g/mol. The van der Waals surface area contributed by atoms with Crippen LogP contribution in [0.2, 0.25) is 0 Å². The molecule has 1 saturated carbocycles. The number of pyridine rings is 1. The third-order valence-electron chi connectivity index (χ3n) is 6.07. The number of ketones is 1. The summed E-state index contributed by atoms with van der Waals surface area (Å²) in [5.74, 6) is -1.05. The normalized spacial score (nSPS) is 23.9. The van der Waals surface area contributed by atoms with Crippen LogP contribution in [0.3, 0.4) is 0 Å². The summed E-state index contributed by atoms with van der Waals surface area (Å²) in [4.78, 5) is 30.1. The monoisotopic (exact) mass is 418 g/mol. The highest BCUT2D eigenvalue weighted by Crippen LogP contribution is 2.53. The van der Waals surface area contributed by atoms with Gasteiger partial charge in [0.05, 0.1) is 5.41 Å². The molecule has 1 saturated heterocycles. The average Bonchev–Trinajstić information content (AvgIpc) is 3.30. The second-order valence-electron chi connectivity index (χ2n) is 7.88. The minimum absolute atomic E-state index is 0.161. The first-order valence-electron chi connectivity index (χ1n) is 9.59. The summed E-state index contributed by atoms with van der Waals surface area (Å²) in [6.07, 6.45) is -1.66. The Balaban J connectivity index is 1.51. The Bertz CT molecular complexity index is 1040. The molecule has 6 nitrogen and oxygen atoms in total. The Labute approximate surface area is 169 Å². The van der Waals surface area contributed by atoms with E-state index in [1.807, 2.05) is 0 Å². The van der Waals surface area contributed by atoms with Crippen molar-refractivity contribution in [2.24, 2.45) is 0 Å². The van der Waals surface area contributed by atoms with Crippen molar-refractivity contribution in [2.45, 2.75) is 36.6 Å². The molecule has 1 spiro atoms. The van der Waals surface area contributed by atoms with E-state index in [9.17, 15) is 22.8 Å². The number of Topliss-reactive ketones (excluding diaryl/α,β-unsaturated/α-hetero) is 1. The van der Waals surface area contributed by atoms with Crippen LogP contribution in [0.4, 0.5) is 13.2 Å². The van der Waals surface area contributed by atoms with Crippen LogP contribution in [0.15, 0.2) is 36.5 Å². The van der Waals surface area contributed by atoms with Crippen LogP contribution in [0.1, 0.15) is 51.2 Å². The first-order chi connectivity index (χ1) is 14.2. The van der Waals surface area contributed by atoms with E-state index < -0.39 is 23.3 Å². The highest BCUT2D eigenvalue weighted by Gasteiger charge is 2.56. The zero-order valence-corrected chi connectivity index (χ0v) is 15.7. The second kappa shape index (κ2) is 6.28. The van der Waals surface area contributed by atoms with E-state index in [0.717, 1.165) is 0 Å². The van der Waals surface area contributed by atoms with E-state index in [1.165, 1.54) is 30.5 Å². The van der Waals surface area contributed by atoms with Gasteiger partial charge in [0.2, 0.25) is 0 Å². The Morgan fingerprint density at radius 2 is 1.87 bits per heavy atom. The summed E-state index contributed by atoms with van der Waals surface area (Å²) < 4.78 is 46.8. The quantitative estimate of drug-likeness (QED) is 0.607. The molecule has 9 heteroatoms. The second-order valence-corrected chi connectivity index (χ2v) is 7.88. The van der Waals surface area contributed by atoms with Gasteiger partial charge in [-0.05, 0) is 43.1 Å². The number of nitrogens with one attached hydrogen (secondary N) is 1. The molecule has 2 fully saturated rings. The maximum Gasteiger partial charge on any atom is 0.573 e. The summed E-state index contributed by atoms with van der Waals surface area (Å²) in [6, 6.07) is 7.00. The van der Waals surface area contributed by atoms with Crippen LogP contribution >= 0.6 is 0 Å². The molecule has 156 valence electrons. The SMILES string of the molecule is O=C1OC2(CCNC2)c2c(C(=O)C3(c4ccc(OC(F)(F)F)cc4)CC3)ccnc21. The van der Waals surface area contributed by atoms with Crippen molar-refractivity contribution >= 4 is 11.8 Å². The molecule has 0 radical (unpaired) electrons. The third kappa shape index (κ3) is 2.87. The minimum Gasteiger partial charge on any atom is -0.448 e. The van der Waals surface area contributed by atoms with Gasteiger partial charge in [-0.1, -0.05) is 12.1 Å². The van der Waals surface area contributed by atoms with Crippen molar-refractivity contribution < 1.29 is 32.2 Å². The van der Waals surface area contributed by atoms with Gasteiger partial charge in [-0.3, -0.25) is 4.79 Å². The van der Waals surface area contributed by atoms with Crippen LogP contribution in [-0.2, 0) is 15.8 Å². The van der Waals surface area contributed by atoms with Gasteiger partial charge in [0, 0.05) is 30.3 Å². The van der Waals surface area contributed by atoms with Gasteiger partial charge < -0.3 is 14.8 Å². The zero-order chi connectivity index (χ0) is 21.1. The summed E-state index contributed by atoms with van der Waals surface area (Å²) in [5.41, 5.74) is -0.0293. The molecule has 2 aliphatic heterocycles. The van der Waals surface area contributed by atoms with E-state index in [1.54, 1.807) is 6.07 Å². The fourth-order valence-corrected chi connectivity index (χ4v) is 4.52. The van der Waals surface area contributed by atoms with Crippen LogP contribution in [-0.4, -0.2) is 36.2 Å². The van der Waals surface area contributed by atoms with Crippen LogP contribution in [0, 0.1) is 0 Å². The summed E-state index contributed by atoms with van der Waals surface area (Å²) in [6.45, 7) is 1.06. The van der Waals surface area contributed by atoms with Crippen molar-refractivity contribution in [1.29, 1.82) is 0 Å². The first-order valence-corrected chi connectivity index (χ1v) is 9.59. The maximum absolute atomic E-state index is 13.6. The van der Waals surface area contributed by atoms with Crippen molar-refractivity contribution in [3.63, 3.8) is 0 Å². The van der Waals surface area contributed by atoms with E-state index in [0.29, 0.717) is 49.0 Å². The Hall–Kier alpha value is -2.94. The number of halogens is 3. The number of rotatable bonds is 4. The van der Waals surface area contributed by atoms with Crippen LogP contribution in [0.5, 0.6) is 5.75 Å². The highest BCUT2D eigenvalue weighted by atomic mass is 19.4. The number of fused-ring (bicyclic) bond motifs is 2. The lowest BCUT2D eigenvalue weighted by atomic mass is 9.81. The fraction of sp³-hybridized carbons (Fsp3) is 0.381. The predicted octanol–water partition coefficient (Wildman–Crippen LogP) is 3.25. The Morgan fingerprint density at radius 3 is 2.47 bits per heavy atom. The Kier molecular flexibility index (Phi) is 3.99. The van der Waals surface area contributed by atoms with Gasteiger partial charge in [0.1, 0.15) is 5.75 Å². The Morgan fingerprint density at radius 1 is 1.13 bits per heavy atom. The summed E-state index contributed by atoms with van der Waals surface area (Å²) >= 11 is 0. The molecule has 2 aromatic rings. The number of carbonyl (C=O) groups excluding carboxylic acids is 2. The molecule has 1 aromatic heterocycles. The lowest BCUT2D eigenvalue weighted by molar-refractivity contribution is -0.274. The number of alkyl halides is 3. The van der Waals surface area contributed by atoms with Gasteiger partial charge in [-0.25, -0.2) is 9.78 Å². The number of aromatic nitrogens is 1. The lowest BCUT2D eigenvalue weighted by Crippen LogP contribution is -2.32. The molecule has 3 aliphatic rings. The topological polar surface area (TPSA) is 77.5 Å². The van der Waals surface area contributed by atoms with E-state index in [-0.39, 0.29) is 17.2 Å². The van der Waals surface area contributed by atoms with Gasteiger partial charge in [-0.15, -0.1) is 13.2 Å². The molecule has 1 aromatic carbocycles. The summed E-state index contributed by atoms with van der Waals surface area (Å²) in [7, 11) is 0. The first kappa shape index (κ1) is 19.0. The van der Waals surface area contributed by atoms with Gasteiger partial charge in [-0.2, -0.15) is 0 Å². The minimum atomic E-state index is -4.78. The van der Waals surface area contributed by atoms with Crippen molar-refractivity contribution in [2.75, 3.05) is 13.1 Å². The maximum atomic E-state index is 13.6. The van der Waals surface area contributed by atoms with E-state index >= 15 is 0 Å². The van der Waals surface area contributed by atoms with Crippen molar-refractivity contribution in [3.8, 4) is 5.75 Å². The molecule has 1 N–H and O–H groups in total. The van der Waals surface area contributed by atoms with Gasteiger partial charge >= 0.3 is 12.3 Å². The number of benzene rings is 1. The average molecular weight is 418 g/mol. The number of nitrogens with zero attached hydrogens (tertiary/aromatic N) is 1. The number of carbonyl (C=O) groups is 2. The smallest absolute Gasteiger partial charge is 0.448 e. The van der Waals surface area contributed by atoms with Gasteiger partial charge in [0.15, 0.2) is 17.1 Å². The molecular formula is C21H17F3N2O4. The molecule has 30 heavy (non-hydrogen) atoms. The van der Waals surface area contributed by atoms with E-state index in [2.05, 4.69) is 15.0 Å². The van der Waals surface area contributed by atoms with Crippen LogP contribution < -0.4 is 10.1 Å². The molecule has 1 aliphatic carbocycles. The van der Waals surface area contributed by atoms with E-state index in [4.69, 9.17) is 4.74 Å². The molecule has 5 rings (SSSR count). The largest absolute Gasteiger partial charge is 0.573 e. The molecule has 1 unspecified atom stereocenters. The number of esters is 1. The van der Waals surface area contributed by atoms with Crippen molar-refractivity contribution in [1.82, 2.24) is 10.3 Å². The third-order valence-corrected chi connectivity index (χ3v) is 6.07. The molecule has 1 atom stereocenters. The van der Waals surface area contributed by atoms with Crippen LogP contribution in [0.25, 0.3) is 0 Å². The number of ether oxygens (including phenoxy) is 2. The number of hydrogen-bond donors (Lipinski definition) is 1. The highest BCUT2D eigenvalue weighted by molar-refractivity contribution is 6.09. The molecule has 3 heterocycles. The predicted molar refractivity (Wildman–Crippen MR) is 97.2 cm³/mol. The fourth-order valence-electron chi connectivity index (χ4n) is 4.52. The van der Waals surface area contributed by atoms with Gasteiger partial charge in [0.25, 0.3) is 0 Å². The number of hydrogen-bond acceptors (Lipinski definition) is 6.